The second-order valence-electron chi connectivity index (χ2n) is 7.93. The van der Waals surface area contributed by atoms with Crippen molar-refractivity contribution in [2.24, 2.45) is 0 Å². The number of hydrogen-bond acceptors (Lipinski definition) is 7. The molecule has 4 rings (SSSR count). The number of carbonyl (C=O) groups is 1. The van der Waals surface area contributed by atoms with Crippen LogP contribution in [0.2, 0.25) is 0 Å². The van der Waals surface area contributed by atoms with Crippen LogP contribution in [0.4, 0.5) is 5.69 Å². The molecule has 0 saturated carbocycles. The summed E-state index contributed by atoms with van der Waals surface area (Å²) in [4.78, 5) is 14.7. The minimum absolute atomic E-state index is 0.0178. The molecule has 1 aliphatic heterocycles. The Bertz CT molecular complexity index is 1280. The zero-order valence-electron chi connectivity index (χ0n) is 18.8. The van der Waals surface area contributed by atoms with Gasteiger partial charge < -0.3 is 14.4 Å². The van der Waals surface area contributed by atoms with Crippen molar-refractivity contribution in [2.45, 2.75) is 26.5 Å². The Kier molecular flexibility index (Phi) is 6.13. The number of ether oxygens (including phenoxy) is 2. The first-order valence-electron chi connectivity index (χ1n) is 10.3. The molecular weight excluding hydrogens is 446 g/mol. The van der Waals surface area contributed by atoms with E-state index in [1.54, 1.807) is 34.7 Å². The van der Waals surface area contributed by atoms with Gasteiger partial charge in [-0.25, -0.2) is 4.68 Å². The van der Waals surface area contributed by atoms with E-state index < -0.39 is 16.2 Å². The lowest BCUT2D eigenvalue weighted by atomic mass is 10.2. The molecule has 10 heteroatoms. The SMILES string of the molecule is COc1cc(N2Cc3cn(-c4ccc(C)cc4)nc3C2=O)ccc1OCC(C)OS(C)(=O)=O. The van der Waals surface area contributed by atoms with Crippen LogP contribution in [-0.4, -0.2) is 50.2 Å². The molecular formula is C23H25N3O6S. The average Bonchev–Trinajstić information content (AvgIpc) is 3.31. The van der Waals surface area contributed by atoms with E-state index in [1.165, 1.54) is 7.11 Å². The standard InChI is InChI=1S/C23H25N3O6S/c1-15-5-7-18(8-6-15)26-13-17-12-25(23(27)22(17)24-26)19-9-10-20(21(11-19)30-3)31-14-16(2)32-33(4,28)29/h5-11,13,16H,12,14H2,1-4H3. The number of benzene rings is 2. The van der Waals surface area contributed by atoms with Crippen molar-refractivity contribution in [3.8, 4) is 17.2 Å². The van der Waals surface area contributed by atoms with E-state index in [1.807, 2.05) is 37.4 Å². The summed E-state index contributed by atoms with van der Waals surface area (Å²) in [5.41, 5.74) is 3.95. The van der Waals surface area contributed by atoms with Gasteiger partial charge in [0, 0.05) is 23.5 Å². The van der Waals surface area contributed by atoms with Crippen LogP contribution in [0, 0.1) is 6.92 Å². The van der Waals surface area contributed by atoms with Crippen LogP contribution in [0.25, 0.3) is 5.69 Å². The van der Waals surface area contributed by atoms with Gasteiger partial charge in [0.1, 0.15) is 12.7 Å². The molecule has 0 radical (unpaired) electrons. The van der Waals surface area contributed by atoms with Crippen molar-refractivity contribution < 1.29 is 26.9 Å². The molecule has 1 aromatic heterocycles. The zero-order chi connectivity index (χ0) is 23.8. The first kappa shape index (κ1) is 22.8. The van der Waals surface area contributed by atoms with Crippen LogP contribution in [-0.2, 0) is 20.8 Å². The number of nitrogens with zero attached hydrogens (tertiary/aromatic N) is 3. The third-order valence-corrected chi connectivity index (χ3v) is 5.81. The molecule has 0 bridgehead atoms. The minimum atomic E-state index is -3.57. The first-order chi connectivity index (χ1) is 15.6. The van der Waals surface area contributed by atoms with Crippen molar-refractivity contribution >= 4 is 21.7 Å². The van der Waals surface area contributed by atoms with Gasteiger partial charge in [-0.2, -0.15) is 13.5 Å². The highest BCUT2D eigenvalue weighted by Crippen LogP contribution is 2.35. The summed E-state index contributed by atoms with van der Waals surface area (Å²) in [5, 5.41) is 4.49. The maximum absolute atomic E-state index is 13.0. The highest BCUT2D eigenvalue weighted by molar-refractivity contribution is 7.86. The number of hydrogen-bond donors (Lipinski definition) is 0. The minimum Gasteiger partial charge on any atom is -0.493 e. The molecule has 1 aliphatic rings. The van der Waals surface area contributed by atoms with Gasteiger partial charge in [0.25, 0.3) is 16.0 Å². The van der Waals surface area contributed by atoms with Gasteiger partial charge in [-0.3, -0.25) is 8.98 Å². The Hall–Kier alpha value is -3.37. The average molecular weight is 472 g/mol. The first-order valence-corrected chi connectivity index (χ1v) is 12.1. The summed E-state index contributed by atoms with van der Waals surface area (Å²) < 4.78 is 40.2. The molecule has 1 unspecified atom stereocenters. The Morgan fingerprint density at radius 2 is 1.79 bits per heavy atom. The fourth-order valence-corrected chi connectivity index (χ4v) is 4.24. The number of carbonyl (C=O) groups excluding carboxylic acids is 1. The fourth-order valence-electron chi connectivity index (χ4n) is 3.59. The maximum atomic E-state index is 13.0. The van der Waals surface area contributed by atoms with E-state index in [2.05, 4.69) is 5.10 Å². The van der Waals surface area contributed by atoms with Crippen LogP contribution < -0.4 is 14.4 Å². The Morgan fingerprint density at radius 3 is 2.42 bits per heavy atom. The lowest BCUT2D eigenvalue weighted by Crippen LogP contribution is -2.24. The smallest absolute Gasteiger partial charge is 0.279 e. The maximum Gasteiger partial charge on any atom is 0.279 e. The van der Waals surface area contributed by atoms with Crippen LogP contribution in [0.1, 0.15) is 28.5 Å². The van der Waals surface area contributed by atoms with Gasteiger partial charge in [0.2, 0.25) is 0 Å². The number of anilines is 1. The highest BCUT2D eigenvalue weighted by Gasteiger charge is 2.32. The third-order valence-electron chi connectivity index (χ3n) is 5.14. The Balaban J connectivity index is 1.49. The van der Waals surface area contributed by atoms with Gasteiger partial charge in [0.15, 0.2) is 17.2 Å². The van der Waals surface area contributed by atoms with E-state index in [0.717, 1.165) is 23.1 Å². The molecule has 0 spiro atoms. The van der Waals surface area contributed by atoms with Gasteiger partial charge in [-0.05, 0) is 38.1 Å². The van der Waals surface area contributed by atoms with Gasteiger partial charge in [0.05, 0.1) is 25.6 Å². The van der Waals surface area contributed by atoms with Crippen LogP contribution >= 0.6 is 0 Å². The largest absolute Gasteiger partial charge is 0.493 e. The molecule has 0 aliphatic carbocycles. The van der Waals surface area contributed by atoms with Crippen molar-refractivity contribution in [2.75, 3.05) is 24.9 Å². The third kappa shape index (κ3) is 5.01. The zero-order valence-corrected chi connectivity index (χ0v) is 19.6. The monoisotopic (exact) mass is 471 g/mol. The number of amides is 1. The molecule has 2 aromatic carbocycles. The number of aryl methyl sites for hydroxylation is 1. The second kappa shape index (κ2) is 8.87. The summed E-state index contributed by atoms with van der Waals surface area (Å²) >= 11 is 0. The van der Waals surface area contributed by atoms with Gasteiger partial charge in [-0.1, -0.05) is 17.7 Å². The molecule has 0 N–H and O–H groups in total. The predicted molar refractivity (Wildman–Crippen MR) is 123 cm³/mol. The Labute approximate surface area is 192 Å². The molecule has 9 nitrogen and oxygen atoms in total. The predicted octanol–water partition coefficient (Wildman–Crippen LogP) is 3.09. The summed E-state index contributed by atoms with van der Waals surface area (Å²) in [7, 11) is -2.08. The highest BCUT2D eigenvalue weighted by atomic mass is 32.2. The molecule has 1 atom stereocenters. The van der Waals surface area contributed by atoms with Crippen LogP contribution in [0.5, 0.6) is 11.5 Å². The van der Waals surface area contributed by atoms with E-state index in [4.69, 9.17) is 13.7 Å². The molecule has 174 valence electrons. The van der Waals surface area contributed by atoms with Crippen LogP contribution in [0.15, 0.2) is 48.7 Å². The summed E-state index contributed by atoms with van der Waals surface area (Å²) in [6.45, 7) is 4.02. The summed E-state index contributed by atoms with van der Waals surface area (Å²) in [6.07, 6.45) is 2.20. The lowest BCUT2D eigenvalue weighted by molar-refractivity contribution is 0.0991. The van der Waals surface area contributed by atoms with Gasteiger partial charge >= 0.3 is 0 Å². The summed E-state index contributed by atoms with van der Waals surface area (Å²) in [6, 6.07) is 13.1. The molecule has 33 heavy (non-hydrogen) atoms. The second-order valence-corrected chi connectivity index (χ2v) is 9.53. The number of fused-ring (bicyclic) bond motifs is 1. The van der Waals surface area contributed by atoms with Crippen LogP contribution in [0.3, 0.4) is 0 Å². The molecule has 0 fully saturated rings. The molecule has 0 saturated heterocycles. The van der Waals surface area contributed by atoms with Crippen molar-refractivity contribution in [1.82, 2.24) is 9.78 Å². The van der Waals surface area contributed by atoms with E-state index >= 15 is 0 Å². The summed E-state index contributed by atoms with van der Waals surface area (Å²) in [5.74, 6) is 0.641. The van der Waals surface area contributed by atoms with E-state index in [-0.39, 0.29) is 12.5 Å². The van der Waals surface area contributed by atoms with Crippen molar-refractivity contribution in [3.63, 3.8) is 0 Å². The number of aromatic nitrogens is 2. The van der Waals surface area contributed by atoms with E-state index in [9.17, 15) is 13.2 Å². The topological polar surface area (TPSA) is 100.0 Å². The fraction of sp³-hybridized carbons (Fsp3) is 0.304. The van der Waals surface area contributed by atoms with Crippen molar-refractivity contribution in [1.29, 1.82) is 0 Å². The van der Waals surface area contributed by atoms with Crippen molar-refractivity contribution in [3.05, 3.63) is 65.5 Å². The van der Waals surface area contributed by atoms with E-state index in [0.29, 0.717) is 29.4 Å². The Morgan fingerprint density at radius 1 is 1.09 bits per heavy atom. The number of methoxy groups -OCH3 is 1. The molecule has 1 amide bonds. The molecule has 3 aromatic rings. The van der Waals surface area contributed by atoms with Gasteiger partial charge in [-0.15, -0.1) is 0 Å². The number of rotatable bonds is 8. The lowest BCUT2D eigenvalue weighted by Gasteiger charge is -2.19. The molecule has 2 heterocycles. The normalized spacial score (nSPS) is 14.3. The quantitative estimate of drug-likeness (QED) is 0.466.